The first-order chi connectivity index (χ1) is 12.6. The van der Waals surface area contributed by atoms with E-state index in [9.17, 15) is 9.59 Å². The highest BCUT2D eigenvalue weighted by molar-refractivity contribution is 6.09. The molecule has 26 heavy (non-hydrogen) atoms. The molecule has 7 heteroatoms. The minimum atomic E-state index is -0.575. The quantitative estimate of drug-likeness (QED) is 0.763. The smallest absolute Gasteiger partial charge is 0.337 e. The van der Waals surface area contributed by atoms with Crippen molar-refractivity contribution in [3.05, 3.63) is 47.7 Å². The molecule has 136 valence electrons. The molecule has 0 bridgehead atoms. The van der Waals surface area contributed by atoms with Crippen LogP contribution in [0.3, 0.4) is 0 Å². The summed E-state index contributed by atoms with van der Waals surface area (Å²) in [7, 11) is 2.85. The minimum absolute atomic E-state index is 0.0963. The number of nitrogens with zero attached hydrogens (tertiary/aromatic N) is 1. The van der Waals surface area contributed by atoms with Crippen LogP contribution in [0, 0.1) is 0 Å². The fourth-order valence-electron chi connectivity index (χ4n) is 3.01. The van der Waals surface area contributed by atoms with E-state index < -0.39 is 5.97 Å². The summed E-state index contributed by atoms with van der Waals surface area (Å²) in [6, 6.07) is 11.4. The first-order valence-corrected chi connectivity index (χ1v) is 8.14. The van der Waals surface area contributed by atoms with Crippen LogP contribution >= 0.6 is 0 Å². The van der Waals surface area contributed by atoms with Crippen molar-refractivity contribution in [2.75, 3.05) is 39.2 Å². The van der Waals surface area contributed by atoms with E-state index in [1.165, 1.54) is 12.0 Å². The van der Waals surface area contributed by atoms with Gasteiger partial charge in [0.25, 0.3) is 5.91 Å². The van der Waals surface area contributed by atoms with Crippen molar-refractivity contribution >= 4 is 28.3 Å². The third-order valence-electron chi connectivity index (χ3n) is 4.27. The number of esters is 1. The summed E-state index contributed by atoms with van der Waals surface area (Å²) < 4.78 is 10.2. The molecule has 2 aromatic carbocycles. The number of amides is 1. The van der Waals surface area contributed by atoms with E-state index in [0.29, 0.717) is 11.4 Å². The number of benzene rings is 2. The van der Waals surface area contributed by atoms with Gasteiger partial charge in [0.1, 0.15) is 11.4 Å². The predicted octanol–water partition coefficient (Wildman–Crippen LogP) is 1.52. The number of carbonyl (C=O) groups is 2. The molecule has 0 atom stereocenters. The topological polar surface area (TPSA) is 88.1 Å². The van der Waals surface area contributed by atoms with Gasteiger partial charge in [-0.05, 0) is 11.5 Å². The number of nitrogens with one attached hydrogen (secondary N) is 1. The maximum Gasteiger partial charge on any atom is 0.337 e. The lowest BCUT2D eigenvalue weighted by atomic mass is 10.1. The predicted molar refractivity (Wildman–Crippen MR) is 96.8 cm³/mol. The Morgan fingerprint density at radius 1 is 1.27 bits per heavy atom. The van der Waals surface area contributed by atoms with Gasteiger partial charge in [-0.3, -0.25) is 4.79 Å². The van der Waals surface area contributed by atoms with Gasteiger partial charge in [-0.25, -0.2) is 4.79 Å². The molecule has 1 amide bonds. The van der Waals surface area contributed by atoms with Crippen molar-refractivity contribution in [3.8, 4) is 5.75 Å². The standard InChI is InChI=1S/C19H20N2O5/c1-25-16-10-13(9-12-5-3-4-6-14(12)16)20-17-15(19(24)26-2)11-21(7-8-22)18(17)23/h3-6,9-10,20,22H,7-8,11H2,1-2H3. The van der Waals surface area contributed by atoms with Gasteiger partial charge >= 0.3 is 5.97 Å². The highest BCUT2D eigenvalue weighted by Crippen LogP contribution is 2.31. The summed E-state index contributed by atoms with van der Waals surface area (Å²) in [4.78, 5) is 26.1. The van der Waals surface area contributed by atoms with Crippen molar-refractivity contribution in [2.24, 2.45) is 0 Å². The lowest BCUT2D eigenvalue weighted by Gasteiger charge is -2.15. The van der Waals surface area contributed by atoms with Crippen molar-refractivity contribution < 1.29 is 24.2 Å². The third kappa shape index (κ3) is 3.21. The van der Waals surface area contributed by atoms with Crippen molar-refractivity contribution in [1.29, 1.82) is 0 Å². The summed E-state index contributed by atoms with van der Waals surface area (Å²) in [6.45, 7) is 0.0575. The van der Waals surface area contributed by atoms with E-state index in [2.05, 4.69) is 5.32 Å². The zero-order valence-corrected chi connectivity index (χ0v) is 14.6. The second kappa shape index (κ2) is 7.45. The number of aliphatic hydroxyl groups excluding tert-OH is 1. The highest BCUT2D eigenvalue weighted by atomic mass is 16.5. The van der Waals surface area contributed by atoms with Gasteiger partial charge in [-0.1, -0.05) is 24.3 Å². The van der Waals surface area contributed by atoms with Crippen LogP contribution in [-0.2, 0) is 14.3 Å². The number of fused-ring (bicyclic) bond motifs is 1. The fourth-order valence-corrected chi connectivity index (χ4v) is 3.01. The number of hydrogen-bond acceptors (Lipinski definition) is 6. The molecular weight excluding hydrogens is 336 g/mol. The highest BCUT2D eigenvalue weighted by Gasteiger charge is 2.34. The van der Waals surface area contributed by atoms with Gasteiger partial charge < -0.3 is 24.8 Å². The molecule has 1 aliphatic heterocycles. The first-order valence-electron chi connectivity index (χ1n) is 8.14. The van der Waals surface area contributed by atoms with E-state index in [1.807, 2.05) is 30.3 Å². The Balaban J connectivity index is 2.01. The van der Waals surface area contributed by atoms with Gasteiger partial charge in [0.15, 0.2) is 0 Å². The van der Waals surface area contributed by atoms with Gasteiger partial charge in [-0.15, -0.1) is 0 Å². The van der Waals surface area contributed by atoms with Crippen LogP contribution in [-0.4, -0.2) is 55.8 Å². The maximum absolute atomic E-state index is 12.6. The Morgan fingerprint density at radius 2 is 2.04 bits per heavy atom. The summed E-state index contributed by atoms with van der Waals surface area (Å²) >= 11 is 0. The molecule has 0 saturated carbocycles. The fraction of sp³-hybridized carbons (Fsp3) is 0.263. The summed E-state index contributed by atoms with van der Waals surface area (Å²) in [5.74, 6) is -0.274. The molecule has 1 aliphatic rings. The molecule has 7 nitrogen and oxygen atoms in total. The molecule has 0 spiro atoms. The average molecular weight is 356 g/mol. The number of rotatable bonds is 6. The van der Waals surface area contributed by atoms with Crippen LogP contribution in [0.15, 0.2) is 47.7 Å². The van der Waals surface area contributed by atoms with Gasteiger partial charge in [0.2, 0.25) is 0 Å². The minimum Gasteiger partial charge on any atom is -0.496 e. The Labute approximate surface area is 150 Å². The summed E-state index contributed by atoms with van der Waals surface area (Å²) in [5, 5.41) is 14.0. The largest absolute Gasteiger partial charge is 0.496 e. The van der Waals surface area contributed by atoms with Crippen LogP contribution in [0.25, 0.3) is 10.8 Å². The molecule has 1 heterocycles. The molecule has 2 aromatic rings. The molecule has 0 aromatic heterocycles. The zero-order chi connectivity index (χ0) is 18.7. The average Bonchev–Trinajstić information content (AvgIpc) is 2.96. The zero-order valence-electron chi connectivity index (χ0n) is 14.6. The second-order valence-corrected chi connectivity index (χ2v) is 5.82. The molecule has 3 rings (SSSR count). The van der Waals surface area contributed by atoms with Gasteiger partial charge in [0, 0.05) is 23.7 Å². The van der Waals surface area contributed by atoms with Gasteiger partial charge in [0.05, 0.1) is 32.9 Å². The van der Waals surface area contributed by atoms with E-state index in [-0.39, 0.29) is 36.9 Å². The molecule has 0 aliphatic carbocycles. The molecule has 0 saturated heterocycles. The van der Waals surface area contributed by atoms with E-state index in [4.69, 9.17) is 14.6 Å². The molecule has 2 N–H and O–H groups in total. The number of ether oxygens (including phenoxy) is 2. The molecule has 0 fully saturated rings. The normalized spacial score (nSPS) is 14.1. The third-order valence-corrected chi connectivity index (χ3v) is 4.27. The lowest BCUT2D eigenvalue weighted by Crippen LogP contribution is -2.31. The summed E-state index contributed by atoms with van der Waals surface area (Å²) in [5.41, 5.74) is 1.01. The molecular formula is C19H20N2O5. The van der Waals surface area contributed by atoms with Crippen molar-refractivity contribution in [3.63, 3.8) is 0 Å². The second-order valence-electron chi connectivity index (χ2n) is 5.82. The Hall–Kier alpha value is -3.06. The number of carbonyl (C=O) groups excluding carboxylic acids is 2. The molecule has 0 radical (unpaired) electrons. The number of β-amino-alcohol motifs (C(OH)–C–C–N with tert-alkyl or cyclic N) is 1. The van der Waals surface area contributed by atoms with Crippen LogP contribution in [0.2, 0.25) is 0 Å². The Kier molecular flexibility index (Phi) is 5.09. The van der Waals surface area contributed by atoms with E-state index in [1.54, 1.807) is 13.2 Å². The van der Waals surface area contributed by atoms with Crippen LogP contribution in [0.1, 0.15) is 0 Å². The van der Waals surface area contributed by atoms with Crippen LogP contribution < -0.4 is 10.1 Å². The first kappa shape index (κ1) is 17.8. The number of aliphatic hydroxyl groups is 1. The van der Waals surface area contributed by atoms with E-state index >= 15 is 0 Å². The monoisotopic (exact) mass is 356 g/mol. The van der Waals surface area contributed by atoms with Gasteiger partial charge in [-0.2, -0.15) is 0 Å². The lowest BCUT2D eigenvalue weighted by molar-refractivity contribution is -0.136. The number of anilines is 1. The Morgan fingerprint density at radius 3 is 2.73 bits per heavy atom. The van der Waals surface area contributed by atoms with Crippen LogP contribution in [0.5, 0.6) is 5.75 Å². The SMILES string of the molecule is COC(=O)C1=C(Nc2cc(OC)c3ccccc3c2)C(=O)N(CCO)C1. The van der Waals surface area contributed by atoms with Crippen LogP contribution in [0.4, 0.5) is 5.69 Å². The number of hydrogen-bond donors (Lipinski definition) is 2. The van der Waals surface area contributed by atoms with Crippen molar-refractivity contribution in [1.82, 2.24) is 4.90 Å². The van der Waals surface area contributed by atoms with E-state index in [0.717, 1.165) is 10.8 Å². The number of methoxy groups -OCH3 is 2. The van der Waals surface area contributed by atoms with Crippen molar-refractivity contribution in [2.45, 2.75) is 0 Å². The summed E-state index contributed by atoms with van der Waals surface area (Å²) in [6.07, 6.45) is 0. The Bertz CT molecular complexity index is 891. The molecule has 0 unspecified atom stereocenters. The maximum atomic E-state index is 12.6.